The number of imidazole rings is 1. The van der Waals surface area contributed by atoms with E-state index in [9.17, 15) is 0 Å². The van der Waals surface area contributed by atoms with Crippen LogP contribution in [0, 0.1) is 6.92 Å². The van der Waals surface area contributed by atoms with Crippen LogP contribution in [0.25, 0.3) is 0 Å². The summed E-state index contributed by atoms with van der Waals surface area (Å²) in [4.78, 5) is 11.1. The molecule has 3 rings (SSSR count). The molecular weight excluding hydrogens is 280 g/mol. The maximum absolute atomic E-state index is 4.50. The van der Waals surface area contributed by atoms with Crippen LogP contribution in [0.5, 0.6) is 0 Å². The number of rotatable bonds is 1. The molecule has 5 heteroatoms. The third-order valence-electron chi connectivity index (χ3n) is 3.06. The molecule has 0 unspecified atom stereocenters. The van der Waals surface area contributed by atoms with E-state index in [-0.39, 0.29) is 0 Å². The quantitative estimate of drug-likeness (QED) is 0.809. The van der Waals surface area contributed by atoms with Crippen LogP contribution in [-0.2, 0) is 13.1 Å². The van der Waals surface area contributed by atoms with E-state index in [2.05, 4.69) is 48.4 Å². The minimum Gasteiger partial charge on any atom is -0.347 e. The van der Waals surface area contributed by atoms with E-state index in [1.54, 1.807) is 0 Å². The lowest BCUT2D eigenvalue weighted by molar-refractivity contribution is 0.555. The van der Waals surface area contributed by atoms with Crippen LogP contribution in [-0.4, -0.2) is 21.1 Å². The van der Waals surface area contributed by atoms with Gasteiger partial charge in [0.1, 0.15) is 11.6 Å². The highest BCUT2D eigenvalue weighted by atomic mass is 79.9. The summed E-state index contributed by atoms with van der Waals surface area (Å²) in [7, 11) is 0. The first-order valence-electron chi connectivity index (χ1n) is 5.61. The molecule has 17 heavy (non-hydrogen) atoms. The molecule has 88 valence electrons. The molecule has 0 amide bonds. The predicted molar refractivity (Wildman–Crippen MR) is 70.0 cm³/mol. The van der Waals surface area contributed by atoms with Crippen molar-refractivity contribution in [3.63, 3.8) is 0 Å². The predicted octanol–water partition coefficient (Wildman–Crippen LogP) is 2.37. The van der Waals surface area contributed by atoms with E-state index in [1.165, 1.54) is 5.56 Å². The minimum atomic E-state index is 0.836. The fourth-order valence-electron chi connectivity index (χ4n) is 2.22. The summed E-state index contributed by atoms with van der Waals surface area (Å²) in [5.41, 5.74) is 1.19. The van der Waals surface area contributed by atoms with Crippen molar-refractivity contribution in [2.75, 3.05) is 11.4 Å². The molecule has 0 radical (unpaired) electrons. The average Bonchev–Trinajstić information content (AvgIpc) is 2.75. The maximum atomic E-state index is 4.50. The molecule has 2 aromatic rings. The largest absolute Gasteiger partial charge is 0.347 e. The Labute approximate surface area is 108 Å². The zero-order valence-corrected chi connectivity index (χ0v) is 11.2. The minimum absolute atomic E-state index is 0.836. The highest BCUT2D eigenvalue weighted by molar-refractivity contribution is 9.10. The van der Waals surface area contributed by atoms with Crippen molar-refractivity contribution >= 4 is 21.7 Å². The number of aromatic nitrogens is 3. The molecule has 0 fully saturated rings. The smallest absolute Gasteiger partial charge is 0.131 e. The van der Waals surface area contributed by atoms with Gasteiger partial charge in [-0.15, -0.1) is 0 Å². The van der Waals surface area contributed by atoms with Gasteiger partial charge in [0.25, 0.3) is 0 Å². The van der Waals surface area contributed by atoms with Crippen molar-refractivity contribution in [3.05, 3.63) is 40.5 Å². The van der Waals surface area contributed by atoms with Gasteiger partial charge in [-0.2, -0.15) is 0 Å². The standard InChI is InChI=1S/C12H13BrN4/c1-9-6-10(13)7-15-12(9)17-5-4-16-3-2-14-11(16)8-17/h2-3,6-7H,4-5,8H2,1H3. The van der Waals surface area contributed by atoms with Gasteiger partial charge in [0.15, 0.2) is 0 Å². The van der Waals surface area contributed by atoms with E-state index in [0.717, 1.165) is 35.7 Å². The van der Waals surface area contributed by atoms with Gasteiger partial charge in [-0.05, 0) is 34.5 Å². The van der Waals surface area contributed by atoms with Gasteiger partial charge in [0, 0.05) is 36.2 Å². The summed E-state index contributed by atoms with van der Waals surface area (Å²) in [6.45, 7) is 4.89. The van der Waals surface area contributed by atoms with Crippen LogP contribution in [0.1, 0.15) is 11.4 Å². The molecule has 0 aliphatic carbocycles. The third kappa shape index (κ3) is 1.95. The summed E-state index contributed by atoms with van der Waals surface area (Å²) in [6, 6.07) is 2.10. The van der Waals surface area contributed by atoms with Crippen molar-refractivity contribution in [2.24, 2.45) is 0 Å². The summed E-state index contributed by atoms with van der Waals surface area (Å²) in [5.74, 6) is 2.17. The average molecular weight is 293 g/mol. The van der Waals surface area contributed by atoms with Crippen molar-refractivity contribution < 1.29 is 0 Å². The van der Waals surface area contributed by atoms with Crippen molar-refractivity contribution in [3.8, 4) is 0 Å². The second-order valence-corrected chi connectivity index (χ2v) is 5.17. The molecule has 0 aromatic carbocycles. The lowest BCUT2D eigenvalue weighted by atomic mass is 10.2. The number of hydrogen-bond acceptors (Lipinski definition) is 3. The Balaban J connectivity index is 1.91. The second-order valence-electron chi connectivity index (χ2n) is 4.25. The van der Waals surface area contributed by atoms with Crippen molar-refractivity contribution in [1.29, 1.82) is 0 Å². The molecule has 4 nitrogen and oxygen atoms in total. The molecule has 0 saturated heterocycles. The van der Waals surface area contributed by atoms with E-state index in [1.807, 2.05) is 18.6 Å². The first-order valence-corrected chi connectivity index (χ1v) is 6.40. The Morgan fingerprint density at radius 3 is 3.00 bits per heavy atom. The molecule has 1 aliphatic heterocycles. The van der Waals surface area contributed by atoms with Gasteiger partial charge in [0.2, 0.25) is 0 Å². The van der Waals surface area contributed by atoms with E-state index in [0.29, 0.717) is 0 Å². The van der Waals surface area contributed by atoms with Gasteiger partial charge in [-0.25, -0.2) is 9.97 Å². The van der Waals surface area contributed by atoms with Gasteiger partial charge < -0.3 is 9.47 Å². The van der Waals surface area contributed by atoms with Gasteiger partial charge in [-0.1, -0.05) is 0 Å². The monoisotopic (exact) mass is 292 g/mol. The SMILES string of the molecule is Cc1cc(Br)cnc1N1CCn2ccnc2C1. The summed E-state index contributed by atoms with van der Waals surface area (Å²) in [6.07, 6.45) is 5.75. The van der Waals surface area contributed by atoms with E-state index >= 15 is 0 Å². The first kappa shape index (κ1) is 10.8. The molecule has 1 aliphatic rings. The van der Waals surface area contributed by atoms with Crippen LogP contribution >= 0.6 is 15.9 Å². The lowest BCUT2D eigenvalue weighted by Gasteiger charge is -2.29. The van der Waals surface area contributed by atoms with Crippen LogP contribution in [0.4, 0.5) is 5.82 Å². The number of hydrogen-bond donors (Lipinski definition) is 0. The topological polar surface area (TPSA) is 34.0 Å². The van der Waals surface area contributed by atoms with Crippen LogP contribution in [0.2, 0.25) is 0 Å². The van der Waals surface area contributed by atoms with E-state index < -0.39 is 0 Å². The first-order chi connectivity index (χ1) is 8.24. The molecule has 0 bridgehead atoms. The Kier molecular flexibility index (Phi) is 2.63. The number of anilines is 1. The van der Waals surface area contributed by atoms with Gasteiger partial charge in [-0.3, -0.25) is 0 Å². The number of fused-ring (bicyclic) bond motifs is 1. The Bertz CT molecular complexity index is 549. The lowest BCUT2D eigenvalue weighted by Crippen LogP contribution is -2.34. The Morgan fingerprint density at radius 1 is 1.29 bits per heavy atom. The fraction of sp³-hybridized carbons (Fsp3) is 0.333. The normalized spacial score (nSPS) is 14.8. The number of aryl methyl sites for hydroxylation is 1. The molecular formula is C12H13BrN4. The number of nitrogens with zero attached hydrogens (tertiary/aromatic N) is 4. The highest BCUT2D eigenvalue weighted by Gasteiger charge is 2.19. The molecule has 2 aromatic heterocycles. The summed E-state index contributed by atoms with van der Waals surface area (Å²) in [5, 5.41) is 0. The molecule has 3 heterocycles. The van der Waals surface area contributed by atoms with E-state index in [4.69, 9.17) is 0 Å². The van der Waals surface area contributed by atoms with Crippen LogP contribution in [0.3, 0.4) is 0 Å². The molecule has 0 saturated carbocycles. The highest BCUT2D eigenvalue weighted by Crippen LogP contribution is 2.23. The number of halogens is 1. The maximum Gasteiger partial charge on any atom is 0.131 e. The zero-order chi connectivity index (χ0) is 11.8. The Morgan fingerprint density at radius 2 is 2.18 bits per heavy atom. The fourth-order valence-corrected chi connectivity index (χ4v) is 2.66. The van der Waals surface area contributed by atoms with Crippen molar-refractivity contribution in [1.82, 2.24) is 14.5 Å². The summed E-state index contributed by atoms with van der Waals surface area (Å²) < 4.78 is 3.22. The van der Waals surface area contributed by atoms with Crippen LogP contribution in [0.15, 0.2) is 29.1 Å². The van der Waals surface area contributed by atoms with Crippen molar-refractivity contribution in [2.45, 2.75) is 20.0 Å². The molecule has 0 spiro atoms. The number of pyridine rings is 1. The molecule has 0 atom stereocenters. The zero-order valence-electron chi connectivity index (χ0n) is 9.60. The molecule has 0 N–H and O–H groups in total. The third-order valence-corrected chi connectivity index (χ3v) is 3.50. The van der Waals surface area contributed by atoms with Gasteiger partial charge >= 0.3 is 0 Å². The van der Waals surface area contributed by atoms with Gasteiger partial charge in [0.05, 0.1) is 6.54 Å². The van der Waals surface area contributed by atoms with Crippen LogP contribution < -0.4 is 4.90 Å². The Hall–Kier alpha value is -1.36. The second kappa shape index (κ2) is 4.14. The summed E-state index contributed by atoms with van der Waals surface area (Å²) >= 11 is 3.44.